The highest BCUT2D eigenvalue weighted by Gasteiger charge is 2.21. The van der Waals surface area contributed by atoms with Gasteiger partial charge in [-0.3, -0.25) is 0 Å². The van der Waals surface area contributed by atoms with Crippen LogP contribution < -0.4 is 11.5 Å². The molecule has 0 unspecified atom stereocenters. The lowest BCUT2D eigenvalue weighted by molar-refractivity contribution is 1.26. The van der Waals surface area contributed by atoms with E-state index in [1.807, 2.05) is 24.3 Å². The Morgan fingerprint density at radius 2 is 1.18 bits per heavy atom. The number of anilines is 2. The summed E-state index contributed by atoms with van der Waals surface area (Å²) in [5.41, 5.74) is 17.4. The minimum atomic E-state index is 0.574. The molecule has 2 aromatic rings. The SMILES string of the molecule is Nc1cc2c(cc1Cl)-c1cc(Cl)c(N)cc1C2. The maximum absolute atomic E-state index is 6.05. The Balaban J connectivity index is 2.27. The second kappa shape index (κ2) is 3.56. The first kappa shape index (κ1) is 10.8. The molecule has 0 bridgehead atoms. The fourth-order valence-electron chi connectivity index (χ4n) is 2.27. The number of hydrogen-bond acceptors (Lipinski definition) is 2. The lowest BCUT2D eigenvalue weighted by atomic mass is 10.1. The van der Waals surface area contributed by atoms with Crippen LogP contribution in [0.4, 0.5) is 11.4 Å². The molecule has 0 aromatic heterocycles. The highest BCUT2D eigenvalue weighted by molar-refractivity contribution is 6.34. The van der Waals surface area contributed by atoms with E-state index in [9.17, 15) is 0 Å². The Kier molecular flexibility index (Phi) is 2.25. The molecule has 1 aliphatic rings. The first-order valence-electron chi connectivity index (χ1n) is 5.22. The van der Waals surface area contributed by atoms with Crippen molar-refractivity contribution in [3.8, 4) is 11.1 Å². The smallest absolute Gasteiger partial charge is 0.0641 e. The van der Waals surface area contributed by atoms with E-state index >= 15 is 0 Å². The molecule has 3 rings (SSSR count). The van der Waals surface area contributed by atoms with Gasteiger partial charge in [0.25, 0.3) is 0 Å². The van der Waals surface area contributed by atoms with Crippen LogP contribution in [0.5, 0.6) is 0 Å². The second-order valence-corrected chi connectivity index (χ2v) is 5.05. The van der Waals surface area contributed by atoms with Crippen LogP contribution in [0, 0.1) is 0 Å². The van der Waals surface area contributed by atoms with Crippen LogP contribution in [0.2, 0.25) is 10.0 Å². The van der Waals surface area contributed by atoms with Gasteiger partial charge in [-0.2, -0.15) is 0 Å². The van der Waals surface area contributed by atoms with Crippen LogP contribution in [0.25, 0.3) is 11.1 Å². The number of halogens is 2. The number of nitrogen functional groups attached to an aromatic ring is 2. The number of nitrogens with two attached hydrogens (primary N) is 2. The lowest BCUT2D eigenvalue weighted by Gasteiger charge is -2.05. The Labute approximate surface area is 109 Å². The van der Waals surface area contributed by atoms with E-state index in [0.717, 1.165) is 17.5 Å². The summed E-state index contributed by atoms with van der Waals surface area (Å²) in [7, 11) is 0. The summed E-state index contributed by atoms with van der Waals surface area (Å²) in [6.45, 7) is 0. The number of hydrogen-bond donors (Lipinski definition) is 2. The zero-order valence-corrected chi connectivity index (χ0v) is 10.4. The van der Waals surface area contributed by atoms with Crippen molar-refractivity contribution in [1.82, 2.24) is 0 Å². The molecule has 2 nitrogen and oxygen atoms in total. The molecular weight excluding hydrogens is 255 g/mol. The van der Waals surface area contributed by atoms with Crippen LogP contribution >= 0.6 is 23.2 Å². The number of rotatable bonds is 0. The zero-order chi connectivity index (χ0) is 12.2. The van der Waals surface area contributed by atoms with Crippen LogP contribution in [0.15, 0.2) is 24.3 Å². The zero-order valence-electron chi connectivity index (χ0n) is 8.93. The second-order valence-electron chi connectivity index (χ2n) is 4.24. The van der Waals surface area contributed by atoms with Crippen molar-refractivity contribution in [2.24, 2.45) is 0 Å². The molecule has 0 amide bonds. The van der Waals surface area contributed by atoms with Crippen LogP contribution in [0.3, 0.4) is 0 Å². The average Bonchev–Trinajstić information content (AvgIpc) is 2.58. The Morgan fingerprint density at radius 3 is 1.59 bits per heavy atom. The maximum Gasteiger partial charge on any atom is 0.0641 e. The molecule has 0 heterocycles. The predicted octanol–water partition coefficient (Wildman–Crippen LogP) is 3.73. The van der Waals surface area contributed by atoms with Crippen LogP contribution in [0.1, 0.15) is 11.1 Å². The monoisotopic (exact) mass is 264 g/mol. The Hall–Kier alpha value is -1.38. The van der Waals surface area contributed by atoms with Crippen molar-refractivity contribution in [1.29, 1.82) is 0 Å². The van der Waals surface area contributed by atoms with E-state index in [4.69, 9.17) is 34.7 Å². The van der Waals surface area contributed by atoms with Crippen molar-refractivity contribution < 1.29 is 0 Å². The number of fused-ring (bicyclic) bond motifs is 3. The first-order chi connectivity index (χ1) is 8.06. The average molecular weight is 265 g/mol. The fraction of sp³-hybridized carbons (Fsp3) is 0.0769. The minimum Gasteiger partial charge on any atom is -0.398 e. The summed E-state index contributed by atoms with van der Waals surface area (Å²) >= 11 is 12.1. The topological polar surface area (TPSA) is 52.0 Å². The van der Waals surface area contributed by atoms with Crippen molar-refractivity contribution in [2.45, 2.75) is 6.42 Å². The van der Waals surface area contributed by atoms with Crippen molar-refractivity contribution in [3.05, 3.63) is 45.4 Å². The van der Waals surface area contributed by atoms with Gasteiger partial charge in [0.1, 0.15) is 0 Å². The Bertz CT molecular complexity index is 580. The van der Waals surface area contributed by atoms with Crippen LogP contribution in [-0.4, -0.2) is 0 Å². The standard InChI is InChI=1S/C13H10Cl2N2/c14-10-4-8-6(2-12(10)16)1-7-3-13(17)11(15)5-9(7)8/h2-5H,1,16-17H2. The van der Waals surface area contributed by atoms with E-state index in [0.29, 0.717) is 21.4 Å². The summed E-state index contributed by atoms with van der Waals surface area (Å²) in [6.07, 6.45) is 0.827. The molecular formula is C13H10Cl2N2. The van der Waals surface area contributed by atoms with Gasteiger partial charge in [-0.15, -0.1) is 0 Å². The molecule has 4 heteroatoms. The van der Waals surface area contributed by atoms with E-state index in [1.54, 1.807) is 0 Å². The van der Waals surface area contributed by atoms with Gasteiger partial charge in [-0.1, -0.05) is 23.2 Å². The summed E-state index contributed by atoms with van der Waals surface area (Å²) in [5.74, 6) is 0. The molecule has 0 atom stereocenters. The van der Waals surface area contributed by atoms with Crippen molar-refractivity contribution in [3.63, 3.8) is 0 Å². The molecule has 0 fully saturated rings. The van der Waals surface area contributed by atoms with Gasteiger partial charge in [0.15, 0.2) is 0 Å². The molecule has 2 aromatic carbocycles. The van der Waals surface area contributed by atoms with Gasteiger partial charge in [0, 0.05) is 0 Å². The minimum absolute atomic E-state index is 0.574. The normalized spacial score (nSPS) is 12.4. The third-order valence-corrected chi connectivity index (χ3v) is 3.77. The number of benzene rings is 2. The maximum atomic E-state index is 6.05. The molecule has 0 aliphatic heterocycles. The lowest BCUT2D eigenvalue weighted by Crippen LogP contribution is -1.89. The summed E-state index contributed by atoms with van der Waals surface area (Å²) in [4.78, 5) is 0. The molecule has 0 radical (unpaired) electrons. The highest BCUT2D eigenvalue weighted by Crippen LogP contribution is 2.42. The summed E-state index contributed by atoms with van der Waals surface area (Å²) in [6, 6.07) is 7.62. The molecule has 86 valence electrons. The van der Waals surface area contributed by atoms with Gasteiger partial charge < -0.3 is 11.5 Å². The van der Waals surface area contributed by atoms with E-state index in [1.165, 1.54) is 11.1 Å². The molecule has 17 heavy (non-hydrogen) atoms. The van der Waals surface area contributed by atoms with Gasteiger partial charge >= 0.3 is 0 Å². The fourth-order valence-corrected chi connectivity index (χ4v) is 2.60. The molecule has 0 saturated carbocycles. The van der Waals surface area contributed by atoms with Gasteiger partial charge in [0.2, 0.25) is 0 Å². The largest absolute Gasteiger partial charge is 0.398 e. The van der Waals surface area contributed by atoms with E-state index in [-0.39, 0.29) is 0 Å². The van der Waals surface area contributed by atoms with E-state index < -0.39 is 0 Å². The molecule has 0 saturated heterocycles. The third-order valence-electron chi connectivity index (χ3n) is 3.12. The predicted molar refractivity (Wildman–Crippen MR) is 73.5 cm³/mol. The van der Waals surface area contributed by atoms with Crippen LogP contribution in [-0.2, 0) is 6.42 Å². The first-order valence-corrected chi connectivity index (χ1v) is 5.98. The molecule has 4 N–H and O–H groups in total. The molecule has 0 spiro atoms. The van der Waals surface area contributed by atoms with Crippen molar-refractivity contribution in [2.75, 3.05) is 11.5 Å². The highest BCUT2D eigenvalue weighted by atomic mass is 35.5. The van der Waals surface area contributed by atoms with Gasteiger partial charge in [-0.05, 0) is 52.9 Å². The summed E-state index contributed by atoms with van der Waals surface area (Å²) in [5, 5.41) is 1.15. The van der Waals surface area contributed by atoms with E-state index in [2.05, 4.69) is 0 Å². The Morgan fingerprint density at radius 1 is 0.765 bits per heavy atom. The quantitative estimate of drug-likeness (QED) is 0.608. The van der Waals surface area contributed by atoms with Gasteiger partial charge in [0.05, 0.1) is 21.4 Å². The van der Waals surface area contributed by atoms with Crippen molar-refractivity contribution >= 4 is 34.6 Å². The third kappa shape index (κ3) is 1.56. The van der Waals surface area contributed by atoms with Gasteiger partial charge in [-0.25, -0.2) is 0 Å². The summed E-state index contributed by atoms with van der Waals surface area (Å²) < 4.78 is 0. The molecule has 1 aliphatic carbocycles.